The lowest BCUT2D eigenvalue weighted by atomic mass is 10.0. The maximum atomic E-state index is 14.6. The molecule has 0 saturated carbocycles. The number of ether oxygens (including phenoxy) is 1. The molecule has 2 aliphatic heterocycles. The van der Waals surface area contributed by atoms with Crippen molar-refractivity contribution in [2.75, 3.05) is 33.8 Å². The number of halogens is 1. The average molecular weight is 381 g/mol. The maximum absolute atomic E-state index is 14.6. The smallest absolute Gasteiger partial charge is 0.178 e. The minimum Gasteiger partial charge on any atom is -0.496 e. The zero-order valence-electron chi connectivity index (χ0n) is 16.0. The maximum Gasteiger partial charge on any atom is 0.178 e. The minimum atomic E-state index is -0.253. The fraction of sp³-hybridized carbons (Fsp3) is 0.333. The van der Waals surface area contributed by atoms with Crippen LogP contribution in [0.4, 0.5) is 4.39 Å². The van der Waals surface area contributed by atoms with E-state index < -0.39 is 0 Å². The fourth-order valence-electron chi connectivity index (χ4n) is 3.77. The first-order chi connectivity index (χ1) is 13.7. The highest BCUT2D eigenvalue weighted by Crippen LogP contribution is 2.30. The van der Waals surface area contributed by atoms with E-state index in [-0.39, 0.29) is 18.1 Å². The van der Waals surface area contributed by atoms with Gasteiger partial charge >= 0.3 is 0 Å². The number of aliphatic imine (C=N–C) groups is 1. The van der Waals surface area contributed by atoms with Crippen LogP contribution >= 0.6 is 0 Å². The summed E-state index contributed by atoms with van der Waals surface area (Å²) in [6, 6.07) is 8.70. The normalized spacial score (nSPS) is 22.8. The third-order valence-electron chi connectivity index (χ3n) is 5.18. The molecule has 2 aromatic rings. The number of piperazine rings is 1. The Bertz CT molecular complexity index is 886. The van der Waals surface area contributed by atoms with Gasteiger partial charge in [0.05, 0.1) is 18.9 Å². The molecule has 4 rings (SSSR count). The van der Waals surface area contributed by atoms with Crippen LogP contribution in [-0.4, -0.2) is 60.6 Å². The Labute approximate surface area is 164 Å². The summed E-state index contributed by atoms with van der Waals surface area (Å²) in [6.07, 6.45) is 7.43. The topological polar surface area (TPSA) is 53.0 Å². The van der Waals surface area contributed by atoms with Crippen molar-refractivity contribution in [3.8, 4) is 5.75 Å². The van der Waals surface area contributed by atoms with Gasteiger partial charge in [0, 0.05) is 56.4 Å². The molecule has 1 saturated heterocycles. The lowest BCUT2D eigenvalue weighted by Crippen LogP contribution is -2.54. The molecule has 28 heavy (non-hydrogen) atoms. The Morgan fingerprint density at radius 3 is 2.82 bits per heavy atom. The molecule has 2 unspecified atom stereocenters. The van der Waals surface area contributed by atoms with E-state index in [0.29, 0.717) is 17.9 Å². The molecule has 0 spiro atoms. The van der Waals surface area contributed by atoms with E-state index in [0.717, 1.165) is 24.4 Å². The Kier molecular flexibility index (Phi) is 5.36. The number of benzene rings is 1. The highest BCUT2D eigenvalue weighted by Gasteiger charge is 2.31. The van der Waals surface area contributed by atoms with Gasteiger partial charge in [0.2, 0.25) is 0 Å². The first-order valence-corrected chi connectivity index (χ1v) is 9.35. The Hall–Kier alpha value is -2.77. The van der Waals surface area contributed by atoms with Crippen LogP contribution in [0, 0.1) is 5.82 Å². The van der Waals surface area contributed by atoms with Gasteiger partial charge in [0.15, 0.2) is 6.29 Å². The van der Waals surface area contributed by atoms with Gasteiger partial charge in [0.1, 0.15) is 11.6 Å². The van der Waals surface area contributed by atoms with Gasteiger partial charge in [-0.05, 0) is 30.3 Å². The van der Waals surface area contributed by atoms with Crippen LogP contribution in [0.3, 0.4) is 0 Å². The Balaban J connectivity index is 1.59. The second-order valence-electron chi connectivity index (χ2n) is 6.94. The molecule has 7 heteroatoms. The molecule has 2 atom stereocenters. The van der Waals surface area contributed by atoms with E-state index in [1.54, 1.807) is 31.6 Å². The van der Waals surface area contributed by atoms with Crippen molar-refractivity contribution in [1.82, 2.24) is 20.1 Å². The first kappa shape index (κ1) is 18.6. The predicted octanol–water partition coefficient (Wildman–Crippen LogP) is 2.41. The quantitative estimate of drug-likeness (QED) is 0.882. The van der Waals surface area contributed by atoms with Crippen molar-refractivity contribution in [3.05, 3.63) is 71.9 Å². The van der Waals surface area contributed by atoms with E-state index in [1.807, 2.05) is 31.5 Å². The molecule has 2 aliphatic rings. The molecule has 0 aliphatic carbocycles. The molecular weight excluding hydrogens is 357 g/mol. The monoisotopic (exact) mass is 381 g/mol. The summed E-state index contributed by atoms with van der Waals surface area (Å²) in [5.41, 5.74) is 2.53. The molecule has 1 aromatic heterocycles. The van der Waals surface area contributed by atoms with Crippen molar-refractivity contribution in [2.24, 2.45) is 4.99 Å². The highest BCUT2D eigenvalue weighted by atomic mass is 19.1. The summed E-state index contributed by atoms with van der Waals surface area (Å²) in [7, 11) is 3.58. The molecule has 0 bridgehead atoms. The Morgan fingerprint density at radius 2 is 2.04 bits per heavy atom. The second-order valence-corrected chi connectivity index (χ2v) is 6.94. The largest absolute Gasteiger partial charge is 0.496 e. The third-order valence-corrected chi connectivity index (χ3v) is 5.18. The van der Waals surface area contributed by atoms with Crippen LogP contribution in [0.15, 0.2) is 60.0 Å². The number of pyridine rings is 1. The van der Waals surface area contributed by atoms with Gasteiger partial charge in [-0.2, -0.15) is 0 Å². The van der Waals surface area contributed by atoms with Gasteiger partial charge in [-0.1, -0.05) is 6.07 Å². The Morgan fingerprint density at radius 1 is 1.21 bits per heavy atom. The van der Waals surface area contributed by atoms with Crippen LogP contribution in [-0.2, 0) is 0 Å². The zero-order valence-corrected chi connectivity index (χ0v) is 16.0. The predicted molar refractivity (Wildman–Crippen MR) is 107 cm³/mol. The van der Waals surface area contributed by atoms with E-state index in [9.17, 15) is 4.39 Å². The molecule has 0 radical (unpaired) electrons. The van der Waals surface area contributed by atoms with Crippen LogP contribution in [0.5, 0.6) is 5.75 Å². The number of nitrogens with one attached hydrogen (secondary N) is 1. The number of aromatic nitrogens is 1. The summed E-state index contributed by atoms with van der Waals surface area (Å²) in [5, 5.41) is 3.42. The number of nitrogens with zero attached hydrogens (tertiary/aromatic N) is 4. The number of hydrogen-bond donors (Lipinski definition) is 1. The zero-order chi connectivity index (χ0) is 19.5. The van der Waals surface area contributed by atoms with Crippen molar-refractivity contribution < 1.29 is 9.13 Å². The molecular formula is C21H24FN5O. The summed E-state index contributed by atoms with van der Waals surface area (Å²) < 4.78 is 20.0. The van der Waals surface area contributed by atoms with Crippen LogP contribution < -0.4 is 10.1 Å². The van der Waals surface area contributed by atoms with Crippen molar-refractivity contribution in [1.29, 1.82) is 0 Å². The molecule has 1 N–H and O–H groups in total. The van der Waals surface area contributed by atoms with Gasteiger partial charge in [0.25, 0.3) is 0 Å². The number of hydrogen-bond acceptors (Lipinski definition) is 6. The number of methoxy groups -OCH3 is 1. The number of rotatable bonds is 4. The van der Waals surface area contributed by atoms with Crippen molar-refractivity contribution >= 4 is 5.71 Å². The standard InChI is InChI=1S/C21H24FN5O/c1-26-12-8-17(15-6-9-23-10-7-15)25-21(26)27-13-11-24-18(14-27)20-16(22)4-3-5-19(20)28-2/h3-10,12,18,21,24H,11,13-14H2,1-2H3. The van der Waals surface area contributed by atoms with Crippen LogP contribution in [0.2, 0.25) is 0 Å². The number of allylic oxidation sites excluding steroid dienone is 1. The second kappa shape index (κ2) is 8.08. The molecule has 3 heterocycles. The minimum absolute atomic E-state index is 0.143. The van der Waals surface area contributed by atoms with E-state index in [2.05, 4.69) is 20.1 Å². The van der Waals surface area contributed by atoms with Gasteiger partial charge in [-0.15, -0.1) is 0 Å². The highest BCUT2D eigenvalue weighted by molar-refractivity contribution is 6.08. The summed E-state index contributed by atoms with van der Waals surface area (Å²) in [6.45, 7) is 2.20. The van der Waals surface area contributed by atoms with Gasteiger partial charge in [-0.3, -0.25) is 9.88 Å². The lowest BCUT2D eigenvalue weighted by molar-refractivity contribution is 0.0673. The summed E-state index contributed by atoms with van der Waals surface area (Å²) in [4.78, 5) is 13.4. The SMILES string of the molecule is COc1cccc(F)c1C1CN(C2N=C(c3ccncc3)C=CN2C)CCN1. The van der Waals surface area contributed by atoms with E-state index in [1.165, 1.54) is 6.07 Å². The average Bonchev–Trinajstić information content (AvgIpc) is 2.74. The molecule has 1 fully saturated rings. The molecule has 6 nitrogen and oxygen atoms in total. The molecule has 1 aromatic carbocycles. The first-order valence-electron chi connectivity index (χ1n) is 9.35. The van der Waals surface area contributed by atoms with Crippen molar-refractivity contribution in [3.63, 3.8) is 0 Å². The van der Waals surface area contributed by atoms with Crippen LogP contribution in [0.25, 0.3) is 0 Å². The van der Waals surface area contributed by atoms with Gasteiger partial charge < -0.3 is 15.0 Å². The van der Waals surface area contributed by atoms with Crippen LogP contribution in [0.1, 0.15) is 17.2 Å². The third kappa shape index (κ3) is 3.63. The van der Waals surface area contributed by atoms with Crippen molar-refractivity contribution in [2.45, 2.75) is 12.3 Å². The molecule has 0 amide bonds. The molecule has 146 valence electrons. The van der Waals surface area contributed by atoms with E-state index in [4.69, 9.17) is 9.73 Å². The fourth-order valence-corrected chi connectivity index (χ4v) is 3.77. The van der Waals surface area contributed by atoms with E-state index >= 15 is 0 Å². The lowest BCUT2D eigenvalue weighted by Gasteiger charge is -2.41. The van der Waals surface area contributed by atoms with Gasteiger partial charge in [-0.25, -0.2) is 9.38 Å². The summed E-state index contributed by atoms with van der Waals surface area (Å²) >= 11 is 0. The summed E-state index contributed by atoms with van der Waals surface area (Å²) in [5.74, 6) is 0.314.